The van der Waals surface area contributed by atoms with Gasteiger partial charge in [0.2, 0.25) is 6.19 Å². The Morgan fingerprint density at radius 3 is 2.45 bits per heavy atom. The Bertz CT molecular complexity index is 173. The fourth-order valence-electron chi connectivity index (χ4n) is 1.000. The van der Waals surface area contributed by atoms with Crippen molar-refractivity contribution in [3.63, 3.8) is 0 Å². The number of nitrogens with zero attached hydrogens (tertiary/aromatic N) is 4. The first-order valence-electron chi connectivity index (χ1n) is 3.61. The van der Waals surface area contributed by atoms with Crippen LogP contribution in [-0.4, -0.2) is 49.4 Å². The van der Waals surface area contributed by atoms with Crippen molar-refractivity contribution < 1.29 is 0 Å². The third kappa shape index (κ3) is 2.56. The zero-order valence-corrected chi connectivity index (χ0v) is 6.62. The first kappa shape index (κ1) is 8.02. The second-order valence-corrected chi connectivity index (χ2v) is 2.60. The van der Waals surface area contributed by atoms with Gasteiger partial charge in [-0.3, -0.25) is 0 Å². The van der Waals surface area contributed by atoms with Gasteiger partial charge in [-0.15, -0.1) is 0 Å². The predicted octanol–water partition coefficient (Wildman–Crippen LogP) is -0.380. The summed E-state index contributed by atoms with van der Waals surface area (Å²) in [7, 11) is 2.08. The van der Waals surface area contributed by atoms with Crippen LogP contribution in [0.1, 0.15) is 0 Å². The maximum atomic E-state index is 8.13. The summed E-state index contributed by atoms with van der Waals surface area (Å²) in [4.78, 5) is 7.56. The van der Waals surface area contributed by atoms with Crippen molar-refractivity contribution in [2.24, 2.45) is 4.99 Å². The smallest absolute Gasteiger partial charge is 0.207 e. The molecule has 1 aliphatic rings. The van der Waals surface area contributed by atoms with Crippen molar-refractivity contribution in [1.29, 1.82) is 5.26 Å². The van der Waals surface area contributed by atoms with E-state index in [1.807, 2.05) is 4.90 Å². The minimum Gasteiger partial charge on any atom is -0.350 e. The number of nitriles is 1. The maximum absolute atomic E-state index is 8.13. The molecule has 0 amide bonds. The Kier molecular flexibility index (Phi) is 2.87. The van der Waals surface area contributed by atoms with Crippen molar-refractivity contribution >= 4 is 6.34 Å². The highest BCUT2D eigenvalue weighted by Crippen LogP contribution is 1.95. The summed E-state index contributed by atoms with van der Waals surface area (Å²) in [5, 5.41) is 8.13. The molecular formula is C7H11N4. The van der Waals surface area contributed by atoms with E-state index in [0.29, 0.717) is 0 Å². The molecule has 0 N–H and O–H groups in total. The molecule has 0 atom stereocenters. The Balaban J connectivity index is 2.29. The van der Waals surface area contributed by atoms with E-state index < -0.39 is 0 Å². The van der Waals surface area contributed by atoms with Gasteiger partial charge >= 0.3 is 0 Å². The highest BCUT2D eigenvalue weighted by atomic mass is 15.3. The summed E-state index contributed by atoms with van der Waals surface area (Å²) in [6.45, 7) is 3.88. The molecule has 0 unspecified atom stereocenters. The standard InChI is InChI=1S/C7H11N4/c1-10-2-4-11(5-3-10)7-9-6-8/h2-5H2,1H3. The number of piperazine rings is 1. The van der Waals surface area contributed by atoms with E-state index in [1.165, 1.54) is 0 Å². The van der Waals surface area contributed by atoms with Gasteiger partial charge in [-0.1, -0.05) is 0 Å². The molecule has 1 aliphatic heterocycles. The Morgan fingerprint density at radius 2 is 1.91 bits per heavy atom. The van der Waals surface area contributed by atoms with Crippen molar-refractivity contribution in [1.82, 2.24) is 9.80 Å². The summed E-state index contributed by atoms with van der Waals surface area (Å²) in [6, 6.07) is 0. The topological polar surface area (TPSA) is 42.6 Å². The van der Waals surface area contributed by atoms with Crippen molar-refractivity contribution in [3.8, 4) is 6.19 Å². The lowest BCUT2D eigenvalue weighted by Crippen LogP contribution is -2.43. The average Bonchev–Trinajstić information content (AvgIpc) is 2.04. The zero-order valence-electron chi connectivity index (χ0n) is 6.62. The minimum atomic E-state index is 0.918. The van der Waals surface area contributed by atoms with Gasteiger partial charge in [0, 0.05) is 26.2 Å². The number of likely N-dealkylation sites (N-methyl/N-ethyl adjacent to an activating group) is 1. The van der Waals surface area contributed by atoms with E-state index in [9.17, 15) is 0 Å². The first-order chi connectivity index (χ1) is 5.33. The molecule has 0 aromatic heterocycles. The van der Waals surface area contributed by atoms with Crippen LogP contribution < -0.4 is 0 Å². The van der Waals surface area contributed by atoms with Gasteiger partial charge in [0.1, 0.15) is 0 Å². The monoisotopic (exact) mass is 151 g/mol. The van der Waals surface area contributed by atoms with Gasteiger partial charge in [0.05, 0.1) is 0 Å². The van der Waals surface area contributed by atoms with Crippen LogP contribution in [0.15, 0.2) is 4.99 Å². The van der Waals surface area contributed by atoms with E-state index in [-0.39, 0.29) is 0 Å². The molecule has 0 bridgehead atoms. The average molecular weight is 151 g/mol. The lowest BCUT2D eigenvalue weighted by molar-refractivity contribution is 0.219. The summed E-state index contributed by atoms with van der Waals surface area (Å²) in [6.07, 6.45) is 4.35. The highest BCUT2D eigenvalue weighted by molar-refractivity contribution is 5.56. The molecule has 59 valence electrons. The second kappa shape index (κ2) is 3.94. The molecule has 0 aromatic carbocycles. The van der Waals surface area contributed by atoms with Gasteiger partial charge in [-0.05, 0) is 7.05 Å². The van der Waals surface area contributed by atoms with Crippen LogP contribution in [0.3, 0.4) is 0 Å². The third-order valence-electron chi connectivity index (χ3n) is 1.74. The number of hydrogen-bond acceptors (Lipinski definition) is 3. The zero-order chi connectivity index (χ0) is 8.10. The van der Waals surface area contributed by atoms with Crippen LogP contribution in [-0.2, 0) is 0 Å². The first-order valence-corrected chi connectivity index (χ1v) is 3.61. The molecule has 1 rings (SSSR count). The Morgan fingerprint density at radius 1 is 1.27 bits per heavy atom. The summed E-state index contributed by atoms with van der Waals surface area (Å²) >= 11 is 0. The van der Waals surface area contributed by atoms with Crippen LogP contribution in [0.5, 0.6) is 0 Å². The van der Waals surface area contributed by atoms with Crippen molar-refractivity contribution in [2.75, 3.05) is 33.2 Å². The fraction of sp³-hybridized carbons (Fsp3) is 0.714. The molecule has 1 saturated heterocycles. The molecule has 11 heavy (non-hydrogen) atoms. The Labute approximate surface area is 66.7 Å². The molecule has 0 saturated carbocycles. The third-order valence-corrected chi connectivity index (χ3v) is 1.74. The molecule has 4 heteroatoms. The van der Waals surface area contributed by atoms with Crippen LogP contribution in [0.25, 0.3) is 0 Å². The largest absolute Gasteiger partial charge is 0.350 e. The van der Waals surface area contributed by atoms with E-state index in [2.05, 4.69) is 23.3 Å². The molecule has 0 aromatic rings. The molecule has 4 nitrogen and oxygen atoms in total. The van der Waals surface area contributed by atoms with Crippen LogP contribution in [0.2, 0.25) is 0 Å². The van der Waals surface area contributed by atoms with E-state index >= 15 is 0 Å². The SMILES string of the molecule is CN1CCN(/[C]=N\C#N)CC1. The van der Waals surface area contributed by atoms with E-state index in [1.54, 1.807) is 6.19 Å². The number of rotatable bonds is 1. The van der Waals surface area contributed by atoms with Gasteiger partial charge in [0.15, 0.2) is 6.34 Å². The number of aliphatic imine (C=N–C) groups is 1. The second-order valence-electron chi connectivity index (χ2n) is 2.60. The molecule has 0 spiro atoms. The van der Waals surface area contributed by atoms with Crippen molar-refractivity contribution in [2.45, 2.75) is 0 Å². The maximum Gasteiger partial charge on any atom is 0.207 e. The summed E-state index contributed by atoms with van der Waals surface area (Å²) < 4.78 is 0. The van der Waals surface area contributed by atoms with Crippen LogP contribution >= 0.6 is 0 Å². The van der Waals surface area contributed by atoms with E-state index in [0.717, 1.165) is 26.2 Å². The highest BCUT2D eigenvalue weighted by Gasteiger charge is 2.10. The summed E-state index contributed by atoms with van der Waals surface area (Å²) in [5.41, 5.74) is 0. The van der Waals surface area contributed by atoms with E-state index in [4.69, 9.17) is 5.26 Å². The van der Waals surface area contributed by atoms with Gasteiger partial charge in [0.25, 0.3) is 0 Å². The lowest BCUT2D eigenvalue weighted by atomic mass is 10.4. The van der Waals surface area contributed by atoms with Gasteiger partial charge in [-0.25, -0.2) is 0 Å². The Hall–Kier alpha value is -1.08. The summed E-state index contributed by atoms with van der Waals surface area (Å²) in [5.74, 6) is 0. The van der Waals surface area contributed by atoms with Crippen LogP contribution in [0.4, 0.5) is 0 Å². The fourth-order valence-corrected chi connectivity index (χ4v) is 1.000. The number of hydrogen-bond donors (Lipinski definition) is 0. The van der Waals surface area contributed by atoms with Gasteiger partial charge < -0.3 is 9.80 Å². The van der Waals surface area contributed by atoms with Crippen LogP contribution in [0, 0.1) is 11.5 Å². The predicted molar refractivity (Wildman–Crippen MR) is 42.1 cm³/mol. The molecular weight excluding hydrogens is 140 g/mol. The minimum absolute atomic E-state index is 0.918. The molecule has 1 fully saturated rings. The normalized spacial score (nSPS) is 20.5. The van der Waals surface area contributed by atoms with Crippen molar-refractivity contribution in [3.05, 3.63) is 0 Å². The van der Waals surface area contributed by atoms with Gasteiger partial charge in [-0.2, -0.15) is 10.3 Å². The molecule has 1 radical (unpaired) electrons. The lowest BCUT2D eigenvalue weighted by Gasteiger charge is -2.29. The molecule has 1 heterocycles. The molecule has 0 aliphatic carbocycles. The quantitative estimate of drug-likeness (QED) is 0.291.